The van der Waals surface area contributed by atoms with Crippen LogP contribution in [-0.4, -0.2) is 48.6 Å². The van der Waals surface area contributed by atoms with Gasteiger partial charge < -0.3 is 20.6 Å². The van der Waals surface area contributed by atoms with E-state index in [0.29, 0.717) is 10.0 Å². The third-order valence-electron chi connectivity index (χ3n) is 7.32. The van der Waals surface area contributed by atoms with E-state index in [2.05, 4.69) is 51.6 Å². The van der Waals surface area contributed by atoms with E-state index in [1.54, 1.807) is 0 Å². The molecule has 1 saturated heterocycles. The first kappa shape index (κ1) is 23.0. The van der Waals surface area contributed by atoms with Crippen LogP contribution in [0, 0.1) is 0 Å². The molecule has 0 aliphatic carbocycles. The fourth-order valence-electron chi connectivity index (χ4n) is 5.30. The van der Waals surface area contributed by atoms with E-state index >= 15 is 0 Å². The average Bonchev–Trinajstić information content (AvgIpc) is 3.27. The molecule has 2 aromatic carbocycles. The molecule has 5 nitrogen and oxygen atoms in total. The number of nitrogens with one attached hydrogen (secondary N) is 2. The fourth-order valence-corrected chi connectivity index (χ4v) is 5.87. The number of nitrogens with zero attached hydrogens (tertiary/aromatic N) is 2. The van der Waals surface area contributed by atoms with Gasteiger partial charge in [0.2, 0.25) is 0 Å². The minimum absolute atomic E-state index is 0.118. The molecular weight excluding hydrogens is 455 g/mol. The molecule has 3 heterocycles. The van der Waals surface area contributed by atoms with Crippen molar-refractivity contribution in [2.45, 2.75) is 50.9 Å². The number of anilines is 2. The average molecular weight is 487 g/mol. The lowest BCUT2D eigenvalue weighted by Gasteiger charge is -2.37. The zero-order chi connectivity index (χ0) is 22.9. The highest BCUT2D eigenvalue weighted by atomic mass is 35.5. The third kappa shape index (κ3) is 4.75. The van der Waals surface area contributed by atoms with Crippen LogP contribution in [0.4, 0.5) is 11.4 Å². The Bertz CT molecular complexity index is 1040. The van der Waals surface area contributed by atoms with Gasteiger partial charge in [-0.3, -0.25) is 4.90 Å². The summed E-state index contributed by atoms with van der Waals surface area (Å²) in [6.45, 7) is 5.59. The van der Waals surface area contributed by atoms with Crippen LogP contribution in [0.2, 0.25) is 10.0 Å². The topological polar surface area (TPSA) is 50.8 Å². The van der Waals surface area contributed by atoms with Crippen molar-refractivity contribution in [1.29, 1.82) is 0 Å². The van der Waals surface area contributed by atoms with E-state index in [9.17, 15) is 5.11 Å². The van der Waals surface area contributed by atoms with Crippen LogP contribution in [0.25, 0.3) is 5.57 Å². The monoisotopic (exact) mass is 486 g/mol. The lowest BCUT2D eigenvalue weighted by Crippen LogP contribution is -2.52. The predicted octanol–water partition coefficient (Wildman–Crippen LogP) is 5.49. The van der Waals surface area contributed by atoms with Crippen molar-refractivity contribution in [3.8, 4) is 0 Å². The summed E-state index contributed by atoms with van der Waals surface area (Å²) in [6.07, 6.45) is 6.27. The number of rotatable bonds is 5. The summed E-state index contributed by atoms with van der Waals surface area (Å²) in [5.41, 5.74) is 6.01. The van der Waals surface area contributed by atoms with Gasteiger partial charge in [-0.25, -0.2) is 0 Å². The Morgan fingerprint density at radius 1 is 1.12 bits per heavy atom. The van der Waals surface area contributed by atoms with Crippen molar-refractivity contribution in [1.82, 2.24) is 10.2 Å². The lowest BCUT2D eigenvalue weighted by atomic mass is 9.96. The van der Waals surface area contributed by atoms with Crippen molar-refractivity contribution in [3.63, 3.8) is 0 Å². The molecule has 0 saturated carbocycles. The van der Waals surface area contributed by atoms with E-state index in [1.165, 1.54) is 29.7 Å². The van der Waals surface area contributed by atoms with Gasteiger partial charge in [0.15, 0.2) is 0 Å². The van der Waals surface area contributed by atoms with Gasteiger partial charge in [0, 0.05) is 29.2 Å². The van der Waals surface area contributed by atoms with Gasteiger partial charge in [-0.05, 0) is 73.7 Å². The van der Waals surface area contributed by atoms with Crippen LogP contribution in [0.5, 0.6) is 0 Å². The van der Waals surface area contributed by atoms with Gasteiger partial charge in [0.25, 0.3) is 0 Å². The molecule has 7 heteroatoms. The summed E-state index contributed by atoms with van der Waals surface area (Å²) in [5.74, 6) is 0. The SMILES string of the molecule is C[C@H](c1ccc(Cl)cc1Cl)N1CNc2ccc(C3=CCN(C(O)[C@H]4CCCCN4)CC3)cc21. The minimum atomic E-state index is -0.409. The molecule has 0 radical (unpaired) electrons. The molecule has 5 rings (SSSR count). The Morgan fingerprint density at radius 2 is 2.00 bits per heavy atom. The van der Waals surface area contributed by atoms with E-state index in [0.717, 1.165) is 50.4 Å². The van der Waals surface area contributed by atoms with Crippen LogP contribution >= 0.6 is 23.2 Å². The minimum Gasteiger partial charge on any atom is -0.377 e. The van der Waals surface area contributed by atoms with Crippen LogP contribution in [0.1, 0.15) is 49.8 Å². The lowest BCUT2D eigenvalue weighted by molar-refractivity contribution is -0.0243. The summed E-state index contributed by atoms with van der Waals surface area (Å²) >= 11 is 12.6. The highest BCUT2D eigenvalue weighted by Gasteiger charge is 2.29. The van der Waals surface area contributed by atoms with E-state index < -0.39 is 6.23 Å². The Balaban J connectivity index is 1.32. The number of piperidine rings is 1. The number of benzene rings is 2. The van der Waals surface area contributed by atoms with Gasteiger partial charge in [0.1, 0.15) is 6.23 Å². The first-order valence-electron chi connectivity index (χ1n) is 12.0. The number of hydrogen-bond acceptors (Lipinski definition) is 5. The molecule has 0 amide bonds. The van der Waals surface area contributed by atoms with Gasteiger partial charge in [-0.15, -0.1) is 0 Å². The molecule has 3 aliphatic heterocycles. The molecule has 176 valence electrons. The summed E-state index contributed by atoms with van der Waals surface area (Å²) in [6, 6.07) is 12.7. The smallest absolute Gasteiger partial charge is 0.123 e. The maximum absolute atomic E-state index is 10.8. The van der Waals surface area contributed by atoms with Crippen LogP contribution in [-0.2, 0) is 0 Å². The molecule has 3 N–H and O–H groups in total. The van der Waals surface area contributed by atoms with Crippen molar-refractivity contribution >= 4 is 40.1 Å². The summed E-state index contributed by atoms with van der Waals surface area (Å²) < 4.78 is 0. The largest absolute Gasteiger partial charge is 0.377 e. The standard InChI is InChI=1S/C26H32Cl2N4O/c1-17(21-7-6-20(27)15-22(21)28)32-16-30-23-8-5-19(14-25(23)32)18-9-12-31(13-10-18)26(33)24-4-2-3-11-29-24/h5-9,14-15,17,24,26,29-30,33H,2-4,10-13,16H2,1H3/t17-,24-,26?/m1/s1. The number of aliphatic hydroxyl groups is 1. The van der Waals surface area contributed by atoms with Gasteiger partial charge in [0.05, 0.1) is 24.1 Å². The normalized spacial score (nSPS) is 23.0. The maximum Gasteiger partial charge on any atom is 0.123 e. The first-order chi connectivity index (χ1) is 16.0. The molecule has 2 aromatic rings. The van der Waals surface area contributed by atoms with E-state index in [-0.39, 0.29) is 12.1 Å². The third-order valence-corrected chi connectivity index (χ3v) is 7.88. The van der Waals surface area contributed by atoms with Crippen molar-refractivity contribution < 1.29 is 5.11 Å². The second-order valence-corrected chi connectivity index (χ2v) is 10.2. The summed E-state index contributed by atoms with van der Waals surface area (Å²) in [5, 5.41) is 19.2. The summed E-state index contributed by atoms with van der Waals surface area (Å²) in [4.78, 5) is 4.54. The molecule has 33 heavy (non-hydrogen) atoms. The second-order valence-electron chi connectivity index (χ2n) is 9.32. The predicted molar refractivity (Wildman–Crippen MR) is 138 cm³/mol. The second kappa shape index (κ2) is 9.85. The first-order valence-corrected chi connectivity index (χ1v) is 12.7. The van der Waals surface area contributed by atoms with Crippen LogP contribution in [0.15, 0.2) is 42.5 Å². The number of halogens is 2. The van der Waals surface area contributed by atoms with Crippen molar-refractivity contribution in [3.05, 3.63) is 63.6 Å². The highest BCUT2D eigenvalue weighted by molar-refractivity contribution is 6.35. The van der Waals surface area contributed by atoms with Crippen molar-refractivity contribution in [2.75, 3.05) is 36.5 Å². The molecule has 1 fully saturated rings. The Hall–Kier alpha value is -1.76. The van der Waals surface area contributed by atoms with Crippen LogP contribution in [0.3, 0.4) is 0 Å². The number of aliphatic hydroxyl groups excluding tert-OH is 1. The van der Waals surface area contributed by atoms with Crippen molar-refractivity contribution in [2.24, 2.45) is 0 Å². The van der Waals surface area contributed by atoms with Gasteiger partial charge in [-0.1, -0.05) is 47.8 Å². The summed E-state index contributed by atoms with van der Waals surface area (Å²) in [7, 11) is 0. The van der Waals surface area contributed by atoms with Crippen LogP contribution < -0.4 is 15.5 Å². The highest BCUT2D eigenvalue weighted by Crippen LogP contribution is 2.41. The molecule has 1 unspecified atom stereocenters. The molecular formula is C26H32Cl2N4O. The fraction of sp³-hybridized carbons (Fsp3) is 0.462. The zero-order valence-corrected chi connectivity index (χ0v) is 20.5. The molecule has 0 spiro atoms. The molecule has 0 aromatic heterocycles. The molecule has 0 bridgehead atoms. The van der Waals surface area contributed by atoms with Gasteiger partial charge >= 0.3 is 0 Å². The Kier molecular flexibility index (Phi) is 6.86. The molecule has 3 aliphatic rings. The number of fused-ring (bicyclic) bond motifs is 1. The van der Waals surface area contributed by atoms with E-state index in [4.69, 9.17) is 23.2 Å². The maximum atomic E-state index is 10.8. The van der Waals surface area contributed by atoms with E-state index in [1.807, 2.05) is 18.2 Å². The number of hydrogen-bond donors (Lipinski definition) is 3. The van der Waals surface area contributed by atoms with Gasteiger partial charge in [-0.2, -0.15) is 0 Å². The zero-order valence-electron chi connectivity index (χ0n) is 19.0. The molecule has 3 atom stereocenters. The Labute approximate surface area is 206 Å². The Morgan fingerprint density at radius 3 is 2.73 bits per heavy atom. The quantitative estimate of drug-likeness (QED) is 0.521.